The van der Waals surface area contributed by atoms with Crippen LogP contribution in [-0.2, 0) is 14.6 Å². The summed E-state index contributed by atoms with van der Waals surface area (Å²) in [7, 11) is -3.34. The monoisotopic (exact) mass is 366 g/mol. The molecule has 3 rings (SSSR count). The molecule has 1 aromatic heterocycles. The van der Waals surface area contributed by atoms with E-state index in [0.717, 1.165) is 25.7 Å². The van der Waals surface area contributed by atoms with Crippen molar-refractivity contribution in [3.8, 4) is 0 Å². The van der Waals surface area contributed by atoms with Crippen LogP contribution in [-0.4, -0.2) is 44.7 Å². The summed E-state index contributed by atoms with van der Waals surface area (Å²) in [4.78, 5) is 17.3. The molecule has 0 bridgehead atoms. The first-order valence-electron chi connectivity index (χ1n) is 7.59. The number of rotatable bonds is 6. The summed E-state index contributed by atoms with van der Waals surface area (Å²) in [6, 6.07) is 6.06. The Bertz CT molecular complexity index is 839. The molecule has 0 spiro atoms. The van der Waals surface area contributed by atoms with Gasteiger partial charge in [0, 0.05) is 25.0 Å². The van der Waals surface area contributed by atoms with Crippen molar-refractivity contribution in [2.24, 2.45) is 0 Å². The van der Waals surface area contributed by atoms with E-state index in [9.17, 15) is 13.2 Å². The molecule has 2 heterocycles. The van der Waals surface area contributed by atoms with E-state index < -0.39 is 9.84 Å². The van der Waals surface area contributed by atoms with Crippen LogP contribution in [0.4, 0.5) is 5.13 Å². The van der Waals surface area contributed by atoms with Gasteiger partial charge in [0.2, 0.25) is 5.78 Å². The number of sulfone groups is 1. The third-order valence-electron chi connectivity index (χ3n) is 3.76. The van der Waals surface area contributed by atoms with E-state index in [2.05, 4.69) is 10.3 Å². The largest absolute Gasteiger partial charge is 0.376 e. The molecule has 0 aliphatic carbocycles. The van der Waals surface area contributed by atoms with Gasteiger partial charge in [-0.3, -0.25) is 4.79 Å². The van der Waals surface area contributed by atoms with Gasteiger partial charge in [0.15, 0.2) is 15.0 Å². The quantitative estimate of drug-likeness (QED) is 0.790. The molecule has 1 fully saturated rings. The van der Waals surface area contributed by atoms with E-state index in [4.69, 9.17) is 4.74 Å². The Morgan fingerprint density at radius 1 is 1.46 bits per heavy atom. The van der Waals surface area contributed by atoms with Gasteiger partial charge in [-0.1, -0.05) is 23.5 Å². The average molecular weight is 366 g/mol. The Hall–Kier alpha value is -1.77. The van der Waals surface area contributed by atoms with Crippen LogP contribution in [0.25, 0.3) is 0 Å². The number of ether oxygens (including phenoxy) is 1. The van der Waals surface area contributed by atoms with E-state index >= 15 is 0 Å². The number of ketones is 1. The standard InChI is InChI=1S/C16H18N2O4S2/c1-24(20,21)13-6-2-4-11(8-13)15(19)14-10-18-16(23-14)17-9-12-5-3-7-22-12/h2,4,6,8,10,12H,3,5,7,9H2,1H3,(H,17,18). The highest BCUT2D eigenvalue weighted by atomic mass is 32.2. The van der Waals surface area contributed by atoms with Crippen molar-refractivity contribution in [1.29, 1.82) is 0 Å². The molecule has 1 N–H and O–H groups in total. The van der Waals surface area contributed by atoms with Gasteiger partial charge in [-0.25, -0.2) is 13.4 Å². The molecule has 1 aliphatic heterocycles. The summed E-state index contributed by atoms with van der Waals surface area (Å²) in [6.07, 6.45) is 4.93. The van der Waals surface area contributed by atoms with Crippen LogP contribution in [0.5, 0.6) is 0 Å². The third kappa shape index (κ3) is 4.00. The lowest BCUT2D eigenvalue weighted by Crippen LogP contribution is -2.18. The number of aromatic nitrogens is 1. The van der Waals surface area contributed by atoms with Gasteiger partial charge in [0.25, 0.3) is 0 Å². The lowest BCUT2D eigenvalue weighted by atomic mass is 10.1. The number of nitrogens with zero attached hydrogens (tertiary/aromatic N) is 1. The molecule has 24 heavy (non-hydrogen) atoms. The van der Waals surface area contributed by atoms with Crippen molar-refractivity contribution in [2.75, 3.05) is 24.7 Å². The molecule has 2 aromatic rings. The maximum absolute atomic E-state index is 12.5. The lowest BCUT2D eigenvalue weighted by molar-refractivity contribution is 0.104. The maximum atomic E-state index is 12.5. The molecule has 1 aromatic carbocycles. The second kappa shape index (κ2) is 7.00. The van der Waals surface area contributed by atoms with Gasteiger partial charge in [-0.15, -0.1) is 0 Å². The number of benzene rings is 1. The summed E-state index contributed by atoms with van der Waals surface area (Å²) < 4.78 is 28.8. The van der Waals surface area contributed by atoms with Crippen LogP contribution in [0.1, 0.15) is 28.1 Å². The molecular formula is C16H18N2O4S2. The Morgan fingerprint density at radius 3 is 3.00 bits per heavy atom. The highest BCUT2D eigenvalue weighted by Crippen LogP contribution is 2.23. The summed E-state index contributed by atoms with van der Waals surface area (Å²) in [6.45, 7) is 1.47. The first kappa shape index (κ1) is 17.1. The first-order chi connectivity index (χ1) is 11.4. The van der Waals surface area contributed by atoms with E-state index in [1.807, 2.05) is 0 Å². The van der Waals surface area contributed by atoms with Crippen molar-refractivity contribution in [3.63, 3.8) is 0 Å². The molecule has 128 valence electrons. The molecule has 0 saturated carbocycles. The van der Waals surface area contributed by atoms with Crippen LogP contribution < -0.4 is 5.32 Å². The highest BCUT2D eigenvalue weighted by Gasteiger charge is 2.18. The van der Waals surface area contributed by atoms with Crippen molar-refractivity contribution in [2.45, 2.75) is 23.8 Å². The summed E-state index contributed by atoms with van der Waals surface area (Å²) in [5.41, 5.74) is 0.340. The number of hydrogen-bond acceptors (Lipinski definition) is 7. The third-order valence-corrected chi connectivity index (χ3v) is 5.82. The number of anilines is 1. The number of carbonyl (C=O) groups excluding carboxylic acids is 1. The fourth-order valence-corrected chi connectivity index (χ4v) is 3.93. The zero-order valence-corrected chi connectivity index (χ0v) is 14.8. The molecule has 0 amide bonds. The fraction of sp³-hybridized carbons (Fsp3) is 0.375. The zero-order chi connectivity index (χ0) is 17.2. The van der Waals surface area contributed by atoms with Gasteiger partial charge in [-0.2, -0.15) is 0 Å². The van der Waals surface area contributed by atoms with Crippen molar-refractivity contribution in [3.05, 3.63) is 40.9 Å². The molecule has 1 aliphatic rings. The molecule has 8 heteroatoms. The average Bonchev–Trinajstić information content (AvgIpc) is 3.23. The maximum Gasteiger partial charge on any atom is 0.204 e. The van der Waals surface area contributed by atoms with Crippen molar-refractivity contribution in [1.82, 2.24) is 4.98 Å². The van der Waals surface area contributed by atoms with E-state index in [1.165, 1.54) is 29.7 Å². The minimum absolute atomic E-state index is 0.134. The van der Waals surface area contributed by atoms with Crippen LogP contribution in [0.3, 0.4) is 0 Å². The van der Waals surface area contributed by atoms with Crippen LogP contribution >= 0.6 is 11.3 Å². The minimum atomic E-state index is -3.34. The molecule has 1 atom stereocenters. The number of thiazole rings is 1. The van der Waals surface area contributed by atoms with Gasteiger partial charge in [-0.05, 0) is 25.0 Å². The summed E-state index contributed by atoms with van der Waals surface area (Å²) >= 11 is 1.26. The number of carbonyl (C=O) groups is 1. The Morgan fingerprint density at radius 2 is 2.29 bits per heavy atom. The number of nitrogens with one attached hydrogen (secondary N) is 1. The van der Waals surface area contributed by atoms with E-state index in [0.29, 0.717) is 22.1 Å². The second-order valence-electron chi connectivity index (χ2n) is 5.67. The van der Waals surface area contributed by atoms with Crippen molar-refractivity contribution >= 4 is 32.1 Å². The van der Waals surface area contributed by atoms with Crippen LogP contribution in [0, 0.1) is 0 Å². The normalized spacial score (nSPS) is 17.8. The molecule has 6 nitrogen and oxygen atoms in total. The van der Waals surface area contributed by atoms with E-state index in [-0.39, 0.29) is 16.8 Å². The van der Waals surface area contributed by atoms with Gasteiger partial charge >= 0.3 is 0 Å². The molecule has 1 saturated heterocycles. The topological polar surface area (TPSA) is 85.4 Å². The second-order valence-corrected chi connectivity index (χ2v) is 8.72. The van der Waals surface area contributed by atoms with Crippen LogP contribution in [0.2, 0.25) is 0 Å². The predicted octanol–water partition coefficient (Wildman–Crippen LogP) is 2.37. The lowest BCUT2D eigenvalue weighted by Gasteiger charge is -2.08. The molecular weight excluding hydrogens is 348 g/mol. The van der Waals surface area contributed by atoms with E-state index in [1.54, 1.807) is 12.1 Å². The van der Waals surface area contributed by atoms with Crippen LogP contribution in [0.15, 0.2) is 35.4 Å². The highest BCUT2D eigenvalue weighted by molar-refractivity contribution is 7.90. The Kier molecular flexibility index (Phi) is 4.98. The van der Waals surface area contributed by atoms with Gasteiger partial charge in [0.1, 0.15) is 0 Å². The van der Waals surface area contributed by atoms with Crippen molar-refractivity contribution < 1.29 is 17.9 Å². The smallest absolute Gasteiger partial charge is 0.204 e. The Balaban J connectivity index is 1.71. The molecule has 1 unspecified atom stereocenters. The molecule has 0 radical (unpaired) electrons. The predicted molar refractivity (Wildman–Crippen MR) is 92.6 cm³/mol. The fourth-order valence-electron chi connectivity index (χ4n) is 2.48. The van der Waals surface area contributed by atoms with Gasteiger partial charge < -0.3 is 10.1 Å². The SMILES string of the molecule is CS(=O)(=O)c1cccc(C(=O)c2cnc(NCC3CCCO3)s2)c1. The zero-order valence-electron chi connectivity index (χ0n) is 13.2. The Labute approximate surface area is 144 Å². The first-order valence-corrected chi connectivity index (χ1v) is 10.3. The minimum Gasteiger partial charge on any atom is -0.376 e. The van der Waals surface area contributed by atoms with Gasteiger partial charge in [0.05, 0.1) is 22.1 Å². The number of hydrogen-bond donors (Lipinski definition) is 1. The summed E-state index contributed by atoms with van der Waals surface area (Å²) in [5.74, 6) is -0.233. The summed E-state index contributed by atoms with van der Waals surface area (Å²) in [5, 5.41) is 3.84.